The number of nitrogens with zero attached hydrogens (tertiary/aromatic N) is 2. The number of H-pyrrole nitrogens is 1. The minimum absolute atomic E-state index is 0.155. The number of nitrogens with one attached hydrogen (secondary N) is 2. The lowest BCUT2D eigenvalue weighted by molar-refractivity contribution is 0.0950. The van der Waals surface area contributed by atoms with E-state index in [0.29, 0.717) is 11.3 Å². The van der Waals surface area contributed by atoms with Gasteiger partial charge in [0.1, 0.15) is 17.3 Å². The van der Waals surface area contributed by atoms with E-state index in [2.05, 4.69) is 20.7 Å². The predicted octanol–water partition coefficient (Wildman–Crippen LogP) is 2.69. The van der Waals surface area contributed by atoms with Crippen molar-refractivity contribution in [3.8, 4) is 17.0 Å². The van der Waals surface area contributed by atoms with Gasteiger partial charge in [-0.2, -0.15) is 10.2 Å². The third kappa shape index (κ3) is 3.64. The zero-order valence-electron chi connectivity index (χ0n) is 12.4. The summed E-state index contributed by atoms with van der Waals surface area (Å²) in [7, 11) is 0. The first-order valence-corrected chi connectivity index (χ1v) is 7.05. The number of aromatic hydroxyl groups is 1. The number of phenolic OH excluding ortho intramolecular Hbond substituents is 1. The van der Waals surface area contributed by atoms with Crippen molar-refractivity contribution in [2.75, 3.05) is 0 Å². The highest BCUT2D eigenvalue weighted by molar-refractivity contribution is 5.94. The molecule has 7 heteroatoms. The van der Waals surface area contributed by atoms with Gasteiger partial charge in [-0.3, -0.25) is 9.89 Å². The molecule has 3 rings (SSSR count). The number of benzene rings is 2. The van der Waals surface area contributed by atoms with E-state index >= 15 is 0 Å². The highest BCUT2D eigenvalue weighted by Gasteiger charge is 2.10. The monoisotopic (exact) mass is 324 g/mol. The first kappa shape index (κ1) is 15.4. The summed E-state index contributed by atoms with van der Waals surface area (Å²) in [6.45, 7) is 0. The van der Waals surface area contributed by atoms with E-state index in [1.54, 1.807) is 30.3 Å². The van der Waals surface area contributed by atoms with Gasteiger partial charge < -0.3 is 5.11 Å². The second kappa shape index (κ2) is 6.74. The van der Waals surface area contributed by atoms with Crippen LogP contribution in [0.4, 0.5) is 4.39 Å². The fourth-order valence-corrected chi connectivity index (χ4v) is 1.99. The number of hydrogen-bond acceptors (Lipinski definition) is 4. The van der Waals surface area contributed by atoms with Crippen molar-refractivity contribution >= 4 is 12.1 Å². The smallest absolute Gasteiger partial charge is 0.289 e. The SMILES string of the molecule is O=C(N/N=C\c1ccc(O)cc1)c1cc(-c2ccc(F)cc2)n[nH]1. The number of rotatable bonds is 4. The Morgan fingerprint density at radius 1 is 1.17 bits per heavy atom. The Hall–Kier alpha value is -3.48. The molecule has 2 aromatic carbocycles. The highest BCUT2D eigenvalue weighted by Crippen LogP contribution is 2.17. The van der Waals surface area contributed by atoms with Crippen molar-refractivity contribution in [2.45, 2.75) is 0 Å². The van der Waals surface area contributed by atoms with Gasteiger partial charge in [-0.15, -0.1) is 0 Å². The minimum Gasteiger partial charge on any atom is -0.508 e. The van der Waals surface area contributed by atoms with Crippen molar-refractivity contribution in [2.24, 2.45) is 5.10 Å². The first-order valence-electron chi connectivity index (χ1n) is 7.05. The van der Waals surface area contributed by atoms with Crippen molar-refractivity contribution in [3.63, 3.8) is 0 Å². The average Bonchev–Trinajstić information content (AvgIpc) is 3.07. The van der Waals surface area contributed by atoms with Gasteiger partial charge in [0.25, 0.3) is 5.91 Å². The number of amides is 1. The number of carbonyl (C=O) groups excluding carboxylic acids is 1. The number of hydrazone groups is 1. The molecule has 0 saturated carbocycles. The molecule has 0 atom stereocenters. The maximum Gasteiger partial charge on any atom is 0.289 e. The van der Waals surface area contributed by atoms with Gasteiger partial charge in [0, 0.05) is 5.56 Å². The number of halogens is 1. The molecular weight excluding hydrogens is 311 g/mol. The summed E-state index contributed by atoms with van der Waals surface area (Å²) in [6.07, 6.45) is 1.45. The fourth-order valence-electron chi connectivity index (χ4n) is 1.99. The summed E-state index contributed by atoms with van der Waals surface area (Å²) in [5.41, 5.74) is 4.56. The van der Waals surface area contributed by atoms with Crippen molar-refractivity contribution in [1.82, 2.24) is 15.6 Å². The highest BCUT2D eigenvalue weighted by atomic mass is 19.1. The number of phenols is 1. The molecule has 1 heterocycles. The van der Waals surface area contributed by atoms with Gasteiger partial charge >= 0.3 is 0 Å². The van der Waals surface area contributed by atoms with E-state index in [1.165, 1.54) is 30.5 Å². The molecule has 1 aromatic heterocycles. The Labute approximate surface area is 136 Å². The standard InChI is InChI=1S/C17H13FN4O2/c18-13-5-3-12(4-6-13)15-9-16(21-20-15)17(24)22-19-10-11-1-7-14(23)8-2-11/h1-10,23H,(H,20,21)(H,22,24)/b19-10-. The molecule has 120 valence electrons. The Kier molecular flexibility index (Phi) is 4.33. The number of hydrogen-bond donors (Lipinski definition) is 3. The van der Waals surface area contributed by atoms with Crippen LogP contribution in [0.1, 0.15) is 16.1 Å². The van der Waals surface area contributed by atoms with Crippen LogP contribution in [0, 0.1) is 5.82 Å². The third-order valence-corrected chi connectivity index (χ3v) is 3.24. The van der Waals surface area contributed by atoms with E-state index in [0.717, 1.165) is 5.56 Å². The molecule has 0 aliphatic carbocycles. The van der Waals surface area contributed by atoms with Crippen molar-refractivity contribution < 1.29 is 14.3 Å². The average molecular weight is 324 g/mol. The quantitative estimate of drug-likeness (QED) is 0.509. The number of carbonyl (C=O) groups is 1. The molecular formula is C17H13FN4O2. The van der Waals surface area contributed by atoms with Crippen LogP contribution in [-0.2, 0) is 0 Å². The lowest BCUT2D eigenvalue weighted by Crippen LogP contribution is -2.17. The summed E-state index contributed by atoms with van der Waals surface area (Å²) in [5, 5.41) is 19.7. The molecule has 6 nitrogen and oxygen atoms in total. The summed E-state index contributed by atoms with van der Waals surface area (Å²) < 4.78 is 12.9. The van der Waals surface area contributed by atoms with Gasteiger partial charge in [-0.1, -0.05) is 0 Å². The van der Waals surface area contributed by atoms with Crippen LogP contribution in [0.5, 0.6) is 5.75 Å². The molecule has 0 saturated heterocycles. The molecule has 0 aliphatic rings. The van der Waals surface area contributed by atoms with Crippen molar-refractivity contribution in [1.29, 1.82) is 0 Å². The molecule has 3 N–H and O–H groups in total. The van der Waals surface area contributed by atoms with Crippen LogP contribution < -0.4 is 5.43 Å². The maximum atomic E-state index is 12.9. The van der Waals surface area contributed by atoms with Gasteiger partial charge in [0.05, 0.1) is 11.9 Å². The number of aromatic amines is 1. The van der Waals surface area contributed by atoms with E-state index in [9.17, 15) is 14.3 Å². The summed E-state index contributed by atoms with van der Waals surface area (Å²) in [6, 6.07) is 13.7. The molecule has 0 fully saturated rings. The van der Waals surface area contributed by atoms with Gasteiger partial charge in [0.2, 0.25) is 0 Å². The zero-order valence-corrected chi connectivity index (χ0v) is 12.4. The third-order valence-electron chi connectivity index (χ3n) is 3.24. The molecule has 0 spiro atoms. The molecule has 3 aromatic rings. The molecule has 24 heavy (non-hydrogen) atoms. The van der Waals surface area contributed by atoms with Crippen LogP contribution in [0.25, 0.3) is 11.3 Å². The first-order chi connectivity index (χ1) is 11.6. The van der Waals surface area contributed by atoms with Crippen LogP contribution in [-0.4, -0.2) is 27.4 Å². The van der Waals surface area contributed by atoms with E-state index in [4.69, 9.17) is 0 Å². The van der Waals surface area contributed by atoms with Gasteiger partial charge in [0.15, 0.2) is 0 Å². The largest absolute Gasteiger partial charge is 0.508 e. The Morgan fingerprint density at radius 2 is 1.88 bits per heavy atom. The maximum absolute atomic E-state index is 12.9. The van der Waals surface area contributed by atoms with Gasteiger partial charge in [-0.05, 0) is 60.2 Å². The normalized spacial score (nSPS) is 10.9. The molecule has 0 radical (unpaired) electrons. The topological polar surface area (TPSA) is 90.4 Å². The van der Waals surface area contributed by atoms with Crippen LogP contribution in [0.15, 0.2) is 59.7 Å². The van der Waals surface area contributed by atoms with E-state index in [-0.39, 0.29) is 17.3 Å². The summed E-state index contributed by atoms with van der Waals surface area (Å²) in [4.78, 5) is 12.0. The van der Waals surface area contributed by atoms with E-state index < -0.39 is 5.91 Å². The Morgan fingerprint density at radius 3 is 2.58 bits per heavy atom. The number of aromatic nitrogens is 2. The molecule has 0 bridgehead atoms. The minimum atomic E-state index is -0.453. The lowest BCUT2D eigenvalue weighted by atomic mass is 10.1. The Balaban J connectivity index is 1.65. The fraction of sp³-hybridized carbons (Fsp3) is 0. The molecule has 0 unspecified atom stereocenters. The Bertz CT molecular complexity index is 870. The zero-order chi connectivity index (χ0) is 16.9. The van der Waals surface area contributed by atoms with Gasteiger partial charge in [-0.25, -0.2) is 9.82 Å². The van der Waals surface area contributed by atoms with Crippen LogP contribution in [0.2, 0.25) is 0 Å². The van der Waals surface area contributed by atoms with Crippen LogP contribution >= 0.6 is 0 Å². The molecule has 0 aliphatic heterocycles. The van der Waals surface area contributed by atoms with Crippen LogP contribution in [0.3, 0.4) is 0 Å². The lowest BCUT2D eigenvalue weighted by Gasteiger charge is -1.96. The summed E-state index contributed by atoms with van der Waals surface area (Å²) in [5.74, 6) is -0.635. The second-order valence-corrected chi connectivity index (χ2v) is 4.96. The second-order valence-electron chi connectivity index (χ2n) is 4.96. The molecule has 1 amide bonds. The van der Waals surface area contributed by atoms with E-state index in [1.807, 2.05) is 0 Å². The predicted molar refractivity (Wildman–Crippen MR) is 87.1 cm³/mol. The summed E-state index contributed by atoms with van der Waals surface area (Å²) >= 11 is 0. The van der Waals surface area contributed by atoms with Crippen molar-refractivity contribution in [3.05, 3.63) is 71.7 Å².